The number of hydrogen-bond donors (Lipinski definition) is 4. The van der Waals surface area contributed by atoms with Gasteiger partial charge in [0.15, 0.2) is 0 Å². The lowest BCUT2D eigenvalue weighted by atomic mass is 10.1. The monoisotopic (exact) mass is 459 g/mol. The summed E-state index contributed by atoms with van der Waals surface area (Å²) in [5, 5.41) is 5.91. The van der Waals surface area contributed by atoms with E-state index in [1.807, 2.05) is 12.2 Å². The number of fused-ring (bicyclic) bond motifs is 4. The molecule has 0 unspecified atom stereocenters. The molecule has 1 aromatic heterocycles. The molecule has 2 aliphatic rings. The summed E-state index contributed by atoms with van der Waals surface area (Å²) >= 11 is 6.40. The third kappa shape index (κ3) is 5.48. The lowest BCUT2D eigenvalue weighted by Gasteiger charge is -2.14. The van der Waals surface area contributed by atoms with Crippen LogP contribution in [0.2, 0.25) is 5.15 Å². The first-order chi connectivity index (χ1) is 15.5. The third-order valence-electron chi connectivity index (χ3n) is 5.34. The molecule has 0 radical (unpaired) electrons. The van der Waals surface area contributed by atoms with Crippen LogP contribution in [0.5, 0.6) is 0 Å². The fraction of sp³-hybridized carbons (Fsp3) is 0.409. The maximum absolute atomic E-state index is 12.5. The van der Waals surface area contributed by atoms with Gasteiger partial charge in [-0.15, -0.1) is 0 Å². The summed E-state index contributed by atoms with van der Waals surface area (Å²) < 4.78 is 10.7. The van der Waals surface area contributed by atoms with Gasteiger partial charge in [0.05, 0.1) is 17.8 Å². The normalized spacial score (nSPS) is 22.0. The SMILES string of the molecule is N[C@H]1C/C=C/CCC(=O)Nc2cc(NC(=O)OC[C@H]3CCCO3)ccc2-c2nc1[nH]c2Cl. The molecule has 1 aromatic carbocycles. The number of halogens is 1. The van der Waals surface area contributed by atoms with E-state index in [9.17, 15) is 9.59 Å². The van der Waals surface area contributed by atoms with Crippen LogP contribution in [0.25, 0.3) is 11.3 Å². The van der Waals surface area contributed by atoms with Gasteiger partial charge in [0.2, 0.25) is 5.91 Å². The Morgan fingerprint density at radius 1 is 1.38 bits per heavy atom. The number of aromatic amines is 1. The van der Waals surface area contributed by atoms with Crippen molar-refractivity contribution in [2.45, 2.75) is 44.2 Å². The van der Waals surface area contributed by atoms with Crippen LogP contribution in [0.1, 0.15) is 44.0 Å². The van der Waals surface area contributed by atoms with Crippen molar-refractivity contribution in [3.8, 4) is 11.3 Å². The number of carbonyl (C=O) groups excluding carboxylic acids is 2. The predicted octanol–water partition coefficient (Wildman–Crippen LogP) is 4.14. The number of carbonyl (C=O) groups is 2. The molecule has 9 nitrogen and oxygen atoms in total. The zero-order valence-electron chi connectivity index (χ0n) is 17.5. The highest BCUT2D eigenvalue weighted by atomic mass is 35.5. The molecule has 4 rings (SSSR count). The second-order valence-corrected chi connectivity index (χ2v) is 8.18. The first-order valence-electron chi connectivity index (χ1n) is 10.6. The molecular weight excluding hydrogens is 434 g/mol. The van der Waals surface area contributed by atoms with Crippen molar-refractivity contribution in [1.82, 2.24) is 9.97 Å². The van der Waals surface area contributed by atoms with E-state index in [-0.39, 0.29) is 24.7 Å². The molecule has 2 bridgehead atoms. The van der Waals surface area contributed by atoms with Crippen LogP contribution >= 0.6 is 11.6 Å². The molecule has 170 valence electrons. The Hall–Kier alpha value is -2.88. The number of allylic oxidation sites excluding steroid dienone is 1. The number of benzene rings is 1. The van der Waals surface area contributed by atoms with Gasteiger partial charge in [-0.3, -0.25) is 10.1 Å². The number of nitrogens with zero attached hydrogens (tertiary/aromatic N) is 1. The van der Waals surface area contributed by atoms with E-state index in [0.717, 1.165) is 12.8 Å². The Labute approximate surface area is 190 Å². The van der Waals surface area contributed by atoms with E-state index in [1.54, 1.807) is 18.2 Å². The van der Waals surface area contributed by atoms with Crippen LogP contribution in [-0.2, 0) is 14.3 Å². The van der Waals surface area contributed by atoms with Gasteiger partial charge in [0.1, 0.15) is 23.3 Å². The summed E-state index contributed by atoms with van der Waals surface area (Å²) in [6.07, 6.45) is 6.53. The summed E-state index contributed by atoms with van der Waals surface area (Å²) in [6, 6.07) is 4.74. The van der Waals surface area contributed by atoms with Gasteiger partial charge in [-0.25, -0.2) is 9.78 Å². The Balaban J connectivity index is 1.57. The Morgan fingerprint density at radius 3 is 3.06 bits per heavy atom. The van der Waals surface area contributed by atoms with Crippen molar-refractivity contribution in [3.05, 3.63) is 41.3 Å². The molecular formula is C22H26ClN5O4. The number of ether oxygens (including phenoxy) is 2. The van der Waals surface area contributed by atoms with Crippen molar-refractivity contribution >= 4 is 35.0 Å². The van der Waals surface area contributed by atoms with Crippen molar-refractivity contribution in [1.29, 1.82) is 0 Å². The lowest BCUT2D eigenvalue weighted by Crippen LogP contribution is -2.21. The molecule has 10 heteroatoms. The molecule has 0 aliphatic carbocycles. The number of hydrogen-bond acceptors (Lipinski definition) is 6. The van der Waals surface area contributed by atoms with Crippen LogP contribution in [-0.4, -0.2) is 41.3 Å². The molecule has 5 N–H and O–H groups in total. The van der Waals surface area contributed by atoms with E-state index < -0.39 is 6.09 Å². The zero-order valence-corrected chi connectivity index (χ0v) is 18.3. The largest absolute Gasteiger partial charge is 0.447 e. The summed E-state index contributed by atoms with van der Waals surface area (Å²) in [7, 11) is 0. The predicted molar refractivity (Wildman–Crippen MR) is 122 cm³/mol. The topological polar surface area (TPSA) is 131 Å². The molecule has 0 spiro atoms. The van der Waals surface area contributed by atoms with E-state index in [2.05, 4.69) is 20.6 Å². The lowest BCUT2D eigenvalue weighted by molar-refractivity contribution is -0.116. The average Bonchev–Trinajstić information content (AvgIpc) is 3.41. The van der Waals surface area contributed by atoms with E-state index in [0.29, 0.717) is 59.5 Å². The average molecular weight is 460 g/mol. The van der Waals surface area contributed by atoms with Gasteiger partial charge < -0.3 is 25.5 Å². The second kappa shape index (κ2) is 10.2. The number of rotatable bonds is 3. The van der Waals surface area contributed by atoms with Crippen molar-refractivity contribution in [3.63, 3.8) is 0 Å². The molecule has 1 saturated heterocycles. The van der Waals surface area contributed by atoms with Gasteiger partial charge in [0, 0.05) is 24.3 Å². The van der Waals surface area contributed by atoms with Gasteiger partial charge in [-0.2, -0.15) is 0 Å². The fourth-order valence-electron chi connectivity index (χ4n) is 3.65. The first-order valence-corrected chi connectivity index (χ1v) is 11.0. The number of nitrogens with two attached hydrogens (primary N) is 1. The Kier molecular flexibility index (Phi) is 7.09. The minimum atomic E-state index is -0.590. The van der Waals surface area contributed by atoms with Crippen LogP contribution < -0.4 is 16.4 Å². The van der Waals surface area contributed by atoms with Crippen molar-refractivity contribution < 1.29 is 19.1 Å². The quantitative estimate of drug-likeness (QED) is 0.510. The minimum absolute atomic E-state index is 0.0583. The third-order valence-corrected chi connectivity index (χ3v) is 5.62. The summed E-state index contributed by atoms with van der Waals surface area (Å²) in [6.45, 7) is 0.894. The zero-order chi connectivity index (χ0) is 22.5. The molecule has 2 amide bonds. The molecule has 0 saturated carbocycles. The Morgan fingerprint density at radius 2 is 2.25 bits per heavy atom. The van der Waals surface area contributed by atoms with Gasteiger partial charge in [-0.1, -0.05) is 23.8 Å². The number of nitrogens with one attached hydrogen (secondary N) is 3. The highest BCUT2D eigenvalue weighted by molar-refractivity contribution is 6.32. The molecule has 3 heterocycles. The number of H-pyrrole nitrogens is 1. The number of amides is 2. The molecule has 1 fully saturated rings. The fourth-order valence-corrected chi connectivity index (χ4v) is 3.89. The van der Waals surface area contributed by atoms with E-state index >= 15 is 0 Å². The van der Waals surface area contributed by atoms with E-state index in [1.165, 1.54) is 0 Å². The Bertz CT molecular complexity index is 1020. The minimum Gasteiger partial charge on any atom is -0.447 e. The highest BCUT2D eigenvalue weighted by Gasteiger charge is 2.21. The van der Waals surface area contributed by atoms with Crippen molar-refractivity contribution in [2.75, 3.05) is 23.8 Å². The van der Waals surface area contributed by atoms with Gasteiger partial charge >= 0.3 is 6.09 Å². The maximum Gasteiger partial charge on any atom is 0.411 e. The second-order valence-electron chi connectivity index (χ2n) is 7.80. The van der Waals surface area contributed by atoms with Crippen LogP contribution in [0, 0.1) is 0 Å². The molecule has 32 heavy (non-hydrogen) atoms. The summed E-state index contributed by atoms with van der Waals surface area (Å²) in [4.78, 5) is 32.3. The van der Waals surface area contributed by atoms with Crippen LogP contribution in [0.15, 0.2) is 30.4 Å². The van der Waals surface area contributed by atoms with Gasteiger partial charge in [-0.05, 0) is 43.9 Å². The number of anilines is 2. The van der Waals surface area contributed by atoms with Crippen LogP contribution in [0.4, 0.5) is 16.2 Å². The number of imidazole rings is 1. The molecule has 2 atom stereocenters. The standard InChI is InChI=1S/C22H26ClN5O4/c23-20-19-15-9-8-13(25-22(30)32-12-14-5-4-10-31-14)11-17(15)26-18(29)7-3-1-2-6-16(24)21(27-19)28-20/h1-2,8-9,11,14,16H,3-7,10,12,24H2,(H,25,30)(H,26,29)(H,27,28)/b2-1+/t14-,16+/m1/s1. The maximum atomic E-state index is 12.5. The summed E-state index contributed by atoms with van der Waals surface area (Å²) in [5.41, 5.74) is 8.25. The first kappa shape index (κ1) is 22.3. The highest BCUT2D eigenvalue weighted by Crippen LogP contribution is 2.35. The molecule has 2 aromatic rings. The van der Waals surface area contributed by atoms with Crippen LogP contribution in [0.3, 0.4) is 0 Å². The van der Waals surface area contributed by atoms with E-state index in [4.69, 9.17) is 26.8 Å². The molecule has 2 aliphatic heterocycles. The van der Waals surface area contributed by atoms with Crippen molar-refractivity contribution in [2.24, 2.45) is 5.73 Å². The summed E-state index contributed by atoms with van der Waals surface area (Å²) in [5.74, 6) is 0.399. The van der Waals surface area contributed by atoms with Gasteiger partial charge in [0.25, 0.3) is 0 Å². The number of aromatic nitrogens is 2. The smallest absolute Gasteiger partial charge is 0.411 e.